The molecule has 29 heavy (non-hydrogen) atoms. The van der Waals surface area contributed by atoms with Gasteiger partial charge in [-0.25, -0.2) is 9.37 Å². The maximum atomic E-state index is 13.2. The molecule has 2 atom stereocenters. The fourth-order valence-electron chi connectivity index (χ4n) is 3.73. The minimum atomic E-state index is -0.690. The molecule has 6 nitrogen and oxygen atoms in total. The number of hydrogen-bond acceptors (Lipinski definition) is 4. The smallest absolute Gasteiger partial charge is 0.226 e. The van der Waals surface area contributed by atoms with E-state index in [9.17, 15) is 14.3 Å². The number of amides is 1. The van der Waals surface area contributed by atoms with Gasteiger partial charge in [-0.05, 0) is 48.2 Å². The average molecular weight is 397 g/mol. The van der Waals surface area contributed by atoms with Crippen LogP contribution in [0.4, 0.5) is 4.39 Å². The van der Waals surface area contributed by atoms with Crippen LogP contribution >= 0.6 is 0 Å². The van der Waals surface area contributed by atoms with E-state index >= 15 is 0 Å². The third-order valence-corrected chi connectivity index (χ3v) is 5.30. The van der Waals surface area contributed by atoms with Crippen LogP contribution in [0, 0.1) is 5.82 Å². The highest BCUT2D eigenvalue weighted by Crippen LogP contribution is 2.23. The highest BCUT2D eigenvalue weighted by molar-refractivity contribution is 5.83. The van der Waals surface area contributed by atoms with Crippen LogP contribution in [0.3, 0.4) is 0 Å². The van der Waals surface area contributed by atoms with Gasteiger partial charge in [-0.3, -0.25) is 4.79 Å². The summed E-state index contributed by atoms with van der Waals surface area (Å²) < 4.78 is 20.4. The predicted octanol–water partition coefficient (Wildman–Crippen LogP) is 2.11. The summed E-state index contributed by atoms with van der Waals surface area (Å²) in [6, 6.07) is 10.1. The highest BCUT2D eigenvalue weighted by Gasteiger charge is 2.25. The Bertz CT molecular complexity index is 1020. The monoisotopic (exact) mass is 397 g/mol. The van der Waals surface area contributed by atoms with Gasteiger partial charge in [0.1, 0.15) is 11.5 Å². The lowest BCUT2D eigenvalue weighted by molar-refractivity contribution is -0.123. The van der Waals surface area contributed by atoms with Crippen molar-refractivity contribution in [3.8, 4) is 0 Å². The molecule has 1 amide bonds. The van der Waals surface area contributed by atoms with Crippen LogP contribution in [0.1, 0.15) is 23.2 Å². The summed E-state index contributed by atoms with van der Waals surface area (Å²) in [5.74, 6) is -0.439. The number of aliphatic hydroxyl groups excluding tert-OH is 1. The first-order chi connectivity index (χ1) is 14.0. The zero-order chi connectivity index (χ0) is 20.4. The van der Waals surface area contributed by atoms with Crippen LogP contribution in [0.2, 0.25) is 0 Å². The van der Waals surface area contributed by atoms with E-state index in [2.05, 4.69) is 10.3 Å². The van der Waals surface area contributed by atoms with Gasteiger partial charge < -0.3 is 19.7 Å². The Hall–Kier alpha value is -2.77. The third-order valence-electron chi connectivity index (χ3n) is 5.30. The topological polar surface area (TPSA) is 76.4 Å². The standard InChI is InChI=1S/C22H24FN3O3/c1-26-8-6-18-15(10-14-2-4-16(23)5-3-14)11-17(24-22(18)26)12-21(28)25-19-7-9-29-13-20(19)27/h2-6,8,11,19-20,27H,7,9-10,12-13H2,1H3,(H,25,28)/t19-,20+/m0/s1. The van der Waals surface area contributed by atoms with Crippen LogP contribution in [-0.4, -0.2) is 45.9 Å². The van der Waals surface area contributed by atoms with Crippen LogP contribution in [0.25, 0.3) is 11.0 Å². The highest BCUT2D eigenvalue weighted by atomic mass is 19.1. The number of aryl methyl sites for hydroxylation is 1. The molecule has 1 aliphatic heterocycles. The number of pyridine rings is 1. The molecule has 0 unspecified atom stereocenters. The van der Waals surface area contributed by atoms with Crippen LogP contribution in [-0.2, 0) is 29.4 Å². The van der Waals surface area contributed by atoms with Crippen molar-refractivity contribution in [2.24, 2.45) is 7.05 Å². The summed E-state index contributed by atoms with van der Waals surface area (Å²) in [5, 5.41) is 13.9. The average Bonchev–Trinajstić information content (AvgIpc) is 3.07. The molecule has 0 aliphatic carbocycles. The third kappa shape index (κ3) is 4.46. The molecule has 0 radical (unpaired) electrons. The van der Waals surface area contributed by atoms with Crippen molar-refractivity contribution in [2.45, 2.75) is 31.4 Å². The molecule has 1 saturated heterocycles. The lowest BCUT2D eigenvalue weighted by Crippen LogP contribution is -2.49. The Balaban J connectivity index is 1.56. The summed E-state index contributed by atoms with van der Waals surface area (Å²) in [4.78, 5) is 17.2. The first kappa shape index (κ1) is 19.5. The van der Waals surface area contributed by atoms with Crippen LogP contribution in [0.15, 0.2) is 42.6 Å². The summed E-state index contributed by atoms with van der Waals surface area (Å²) in [6.07, 6.45) is 2.59. The van der Waals surface area contributed by atoms with Crippen molar-refractivity contribution >= 4 is 16.9 Å². The Labute approximate surface area is 168 Å². The number of aromatic nitrogens is 2. The Morgan fingerprint density at radius 2 is 2.14 bits per heavy atom. The number of ether oxygens (including phenoxy) is 1. The number of hydrogen-bond donors (Lipinski definition) is 2. The van der Waals surface area contributed by atoms with E-state index in [-0.39, 0.29) is 30.8 Å². The molecule has 1 aliphatic rings. The van der Waals surface area contributed by atoms with Gasteiger partial charge in [0.15, 0.2) is 0 Å². The molecule has 3 aromatic rings. The minimum Gasteiger partial charge on any atom is -0.389 e. The second-order valence-corrected chi connectivity index (χ2v) is 7.52. The number of nitrogens with zero attached hydrogens (tertiary/aromatic N) is 2. The number of carbonyl (C=O) groups is 1. The lowest BCUT2D eigenvalue weighted by Gasteiger charge is -2.28. The molecule has 2 N–H and O–H groups in total. The molecular weight excluding hydrogens is 373 g/mol. The van der Waals surface area contributed by atoms with Gasteiger partial charge in [0.05, 0.1) is 30.9 Å². The van der Waals surface area contributed by atoms with Crippen molar-refractivity contribution < 1.29 is 19.0 Å². The second-order valence-electron chi connectivity index (χ2n) is 7.52. The number of halogens is 1. The van der Waals surface area contributed by atoms with Gasteiger partial charge in [-0.1, -0.05) is 12.1 Å². The van der Waals surface area contributed by atoms with E-state index in [0.29, 0.717) is 25.1 Å². The first-order valence-corrected chi connectivity index (χ1v) is 9.73. The Morgan fingerprint density at radius 3 is 2.90 bits per heavy atom. The second kappa shape index (κ2) is 8.31. The molecule has 4 rings (SSSR count). The number of nitrogens with one attached hydrogen (secondary N) is 1. The summed E-state index contributed by atoms with van der Waals surface area (Å²) in [7, 11) is 1.92. The van der Waals surface area contributed by atoms with Crippen LogP contribution < -0.4 is 5.32 Å². The van der Waals surface area contributed by atoms with E-state index < -0.39 is 6.10 Å². The number of rotatable bonds is 5. The number of aliphatic hydroxyl groups is 1. The summed E-state index contributed by atoms with van der Waals surface area (Å²) >= 11 is 0. The Morgan fingerprint density at radius 1 is 1.34 bits per heavy atom. The van der Waals surface area contributed by atoms with E-state index in [0.717, 1.165) is 22.2 Å². The van der Waals surface area contributed by atoms with Gasteiger partial charge in [-0.15, -0.1) is 0 Å². The molecule has 1 fully saturated rings. The maximum Gasteiger partial charge on any atom is 0.226 e. The molecule has 3 heterocycles. The fraction of sp³-hybridized carbons (Fsp3) is 0.364. The molecule has 0 saturated carbocycles. The number of fused-ring (bicyclic) bond motifs is 1. The molecule has 2 aromatic heterocycles. The maximum absolute atomic E-state index is 13.2. The molecule has 152 valence electrons. The number of benzene rings is 1. The van der Waals surface area contributed by atoms with E-state index in [4.69, 9.17) is 4.74 Å². The quantitative estimate of drug-likeness (QED) is 0.692. The minimum absolute atomic E-state index is 0.127. The Kier molecular flexibility index (Phi) is 5.60. The van der Waals surface area contributed by atoms with E-state index in [1.165, 1.54) is 12.1 Å². The van der Waals surface area contributed by atoms with Crippen molar-refractivity contribution in [1.82, 2.24) is 14.9 Å². The predicted molar refractivity (Wildman–Crippen MR) is 107 cm³/mol. The lowest BCUT2D eigenvalue weighted by atomic mass is 10.0. The largest absolute Gasteiger partial charge is 0.389 e. The van der Waals surface area contributed by atoms with Gasteiger partial charge in [0.25, 0.3) is 0 Å². The molecule has 7 heteroatoms. The van der Waals surface area contributed by atoms with Crippen molar-refractivity contribution in [3.05, 3.63) is 65.2 Å². The van der Waals surface area contributed by atoms with Gasteiger partial charge in [-0.2, -0.15) is 0 Å². The van der Waals surface area contributed by atoms with E-state index in [1.54, 1.807) is 12.1 Å². The first-order valence-electron chi connectivity index (χ1n) is 9.73. The van der Waals surface area contributed by atoms with Crippen molar-refractivity contribution in [3.63, 3.8) is 0 Å². The van der Waals surface area contributed by atoms with Gasteiger partial charge >= 0.3 is 0 Å². The summed E-state index contributed by atoms with van der Waals surface area (Å²) in [6.45, 7) is 0.762. The van der Waals surface area contributed by atoms with Gasteiger partial charge in [0, 0.05) is 25.2 Å². The van der Waals surface area contributed by atoms with E-state index in [1.807, 2.05) is 29.9 Å². The molecule has 0 bridgehead atoms. The van der Waals surface area contributed by atoms with Crippen molar-refractivity contribution in [2.75, 3.05) is 13.2 Å². The molecular formula is C22H24FN3O3. The number of carbonyl (C=O) groups excluding carboxylic acids is 1. The SMILES string of the molecule is Cn1ccc2c(Cc3ccc(F)cc3)cc(CC(=O)N[C@H]3CCOC[C@H]3O)nc21. The normalized spacial score (nSPS) is 19.4. The molecule has 1 aromatic carbocycles. The van der Waals surface area contributed by atoms with Gasteiger partial charge in [0.2, 0.25) is 5.91 Å². The zero-order valence-electron chi connectivity index (χ0n) is 16.3. The van der Waals surface area contributed by atoms with Crippen molar-refractivity contribution in [1.29, 1.82) is 0 Å². The zero-order valence-corrected chi connectivity index (χ0v) is 16.3. The fourth-order valence-corrected chi connectivity index (χ4v) is 3.73. The molecule has 0 spiro atoms. The summed E-state index contributed by atoms with van der Waals surface area (Å²) in [5.41, 5.74) is 3.49. The van der Waals surface area contributed by atoms with Crippen LogP contribution in [0.5, 0.6) is 0 Å².